The van der Waals surface area contributed by atoms with Crippen molar-refractivity contribution in [3.8, 4) is 0 Å². The molecule has 0 unspecified atom stereocenters. The molecule has 0 bridgehead atoms. The zero-order valence-electron chi connectivity index (χ0n) is 15.0. The third kappa shape index (κ3) is 3.54. The van der Waals surface area contributed by atoms with Gasteiger partial charge in [0.05, 0.1) is 10.6 Å². The summed E-state index contributed by atoms with van der Waals surface area (Å²) in [4.78, 5) is 0.327. The Bertz CT molecular complexity index is 1030. The fourth-order valence-corrected chi connectivity index (χ4v) is 4.22. The van der Waals surface area contributed by atoms with Crippen LogP contribution in [0.3, 0.4) is 0 Å². The van der Waals surface area contributed by atoms with E-state index in [1.165, 1.54) is 0 Å². The number of sulfonamides is 1. The number of rotatable bonds is 3. The van der Waals surface area contributed by atoms with E-state index in [-0.39, 0.29) is 5.41 Å². The predicted molar refractivity (Wildman–Crippen MR) is 105 cm³/mol. The van der Waals surface area contributed by atoms with Crippen molar-refractivity contribution in [3.63, 3.8) is 0 Å². The molecular weight excluding hydrogens is 330 g/mol. The van der Waals surface area contributed by atoms with Crippen LogP contribution in [0.15, 0.2) is 65.6 Å². The van der Waals surface area contributed by atoms with Gasteiger partial charge in [0.25, 0.3) is 10.0 Å². The summed E-state index contributed by atoms with van der Waals surface area (Å²) < 4.78 is 28.8. The van der Waals surface area contributed by atoms with Crippen LogP contribution in [0.4, 0.5) is 5.69 Å². The molecule has 0 fully saturated rings. The van der Waals surface area contributed by atoms with Crippen molar-refractivity contribution in [2.75, 3.05) is 4.72 Å². The maximum atomic E-state index is 13.0. The maximum Gasteiger partial charge on any atom is 0.262 e. The van der Waals surface area contributed by atoms with Gasteiger partial charge in [-0.25, -0.2) is 8.42 Å². The Morgan fingerprint density at radius 3 is 2.28 bits per heavy atom. The van der Waals surface area contributed by atoms with Crippen LogP contribution in [0.2, 0.25) is 0 Å². The average molecular weight is 353 g/mol. The molecule has 0 aliphatic carbocycles. The molecule has 0 spiro atoms. The van der Waals surface area contributed by atoms with Crippen molar-refractivity contribution in [1.82, 2.24) is 0 Å². The molecule has 3 aromatic carbocycles. The molecule has 0 saturated carbocycles. The van der Waals surface area contributed by atoms with E-state index in [9.17, 15) is 8.42 Å². The lowest BCUT2D eigenvalue weighted by atomic mass is 9.87. The van der Waals surface area contributed by atoms with Crippen LogP contribution >= 0.6 is 0 Å². The van der Waals surface area contributed by atoms with Gasteiger partial charge in [0.1, 0.15) is 0 Å². The van der Waals surface area contributed by atoms with E-state index in [0.717, 1.165) is 21.9 Å². The fraction of sp³-hybridized carbons (Fsp3) is 0.238. The lowest BCUT2D eigenvalue weighted by Gasteiger charge is -2.21. The number of benzene rings is 3. The second-order valence-electron chi connectivity index (χ2n) is 7.36. The van der Waals surface area contributed by atoms with Gasteiger partial charge in [-0.2, -0.15) is 0 Å². The molecule has 0 saturated heterocycles. The van der Waals surface area contributed by atoms with Gasteiger partial charge >= 0.3 is 0 Å². The van der Waals surface area contributed by atoms with Gasteiger partial charge in [-0.05, 0) is 41.0 Å². The van der Waals surface area contributed by atoms with Crippen LogP contribution in [0, 0.1) is 6.92 Å². The van der Waals surface area contributed by atoms with Crippen molar-refractivity contribution in [2.24, 2.45) is 0 Å². The molecule has 4 heteroatoms. The minimum Gasteiger partial charge on any atom is -0.279 e. The number of anilines is 1. The molecule has 0 aromatic heterocycles. The molecule has 3 rings (SSSR count). The standard InChI is InChI=1S/C21H23NO2S/c1-15-12-13-17(21(2,3)4)14-20(15)25(23,24)22-19-11-7-9-16-8-5-6-10-18(16)19/h5-14,22H,1-4H3. The summed E-state index contributed by atoms with van der Waals surface area (Å²) >= 11 is 0. The summed E-state index contributed by atoms with van der Waals surface area (Å²) in [5, 5.41) is 1.89. The zero-order chi connectivity index (χ0) is 18.2. The topological polar surface area (TPSA) is 46.2 Å². The SMILES string of the molecule is Cc1ccc(C(C)(C)C)cc1S(=O)(=O)Nc1cccc2ccccc12. The van der Waals surface area contributed by atoms with E-state index in [2.05, 4.69) is 25.5 Å². The Morgan fingerprint density at radius 1 is 0.880 bits per heavy atom. The van der Waals surface area contributed by atoms with Gasteiger partial charge in [-0.1, -0.05) is 69.3 Å². The van der Waals surface area contributed by atoms with E-state index in [4.69, 9.17) is 0 Å². The normalized spacial score (nSPS) is 12.3. The number of aryl methyl sites for hydroxylation is 1. The van der Waals surface area contributed by atoms with Crippen LogP contribution in [0.5, 0.6) is 0 Å². The molecule has 130 valence electrons. The minimum atomic E-state index is -3.67. The van der Waals surface area contributed by atoms with Crippen molar-refractivity contribution >= 4 is 26.5 Å². The predicted octanol–water partition coefficient (Wildman–Crippen LogP) is 5.25. The molecule has 0 aliphatic rings. The van der Waals surface area contributed by atoms with Crippen molar-refractivity contribution in [2.45, 2.75) is 38.0 Å². The summed E-state index contributed by atoms with van der Waals surface area (Å²) in [5.41, 5.74) is 2.22. The first kappa shape index (κ1) is 17.5. The van der Waals surface area contributed by atoms with Crippen LogP contribution in [0.25, 0.3) is 10.8 Å². The zero-order valence-corrected chi connectivity index (χ0v) is 15.8. The van der Waals surface area contributed by atoms with E-state index in [1.807, 2.05) is 55.5 Å². The molecule has 0 atom stereocenters. The third-order valence-corrected chi connectivity index (χ3v) is 5.89. The number of fused-ring (bicyclic) bond motifs is 1. The van der Waals surface area contributed by atoms with Crippen LogP contribution in [-0.4, -0.2) is 8.42 Å². The Morgan fingerprint density at radius 2 is 1.56 bits per heavy atom. The molecular formula is C21H23NO2S. The summed E-state index contributed by atoms with van der Waals surface area (Å²) in [6.45, 7) is 8.05. The van der Waals surface area contributed by atoms with Crippen molar-refractivity contribution in [1.29, 1.82) is 0 Å². The summed E-state index contributed by atoms with van der Waals surface area (Å²) in [5.74, 6) is 0. The van der Waals surface area contributed by atoms with Gasteiger partial charge < -0.3 is 0 Å². The van der Waals surface area contributed by atoms with Crippen LogP contribution in [-0.2, 0) is 15.4 Å². The Hall–Kier alpha value is -2.33. The average Bonchev–Trinajstić information content (AvgIpc) is 2.54. The Balaban J connectivity index is 2.08. The van der Waals surface area contributed by atoms with E-state index < -0.39 is 10.0 Å². The van der Waals surface area contributed by atoms with E-state index >= 15 is 0 Å². The molecule has 0 radical (unpaired) electrons. The maximum absolute atomic E-state index is 13.0. The first-order chi connectivity index (χ1) is 11.7. The molecule has 0 amide bonds. The van der Waals surface area contributed by atoms with Crippen LogP contribution in [0.1, 0.15) is 31.9 Å². The lowest BCUT2D eigenvalue weighted by Crippen LogP contribution is -2.17. The first-order valence-corrected chi connectivity index (χ1v) is 9.78. The second-order valence-corrected chi connectivity index (χ2v) is 9.01. The molecule has 1 N–H and O–H groups in total. The highest BCUT2D eigenvalue weighted by atomic mass is 32.2. The summed E-state index contributed by atoms with van der Waals surface area (Å²) in [6, 6.07) is 19.0. The van der Waals surface area contributed by atoms with Crippen molar-refractivity contribution < 1.29 is 8.42 Å². The summed E-state index contributed by atoms with van der Waals surface area (Å²) in [7, 11) is -3.67. The van der Waals surface area contributed by atoms with Gasteiger partial charge in [-0.3, -0.25) is 4.72 Å². The number of hydrogen-bond donors (Lipinski definition) is 1. The lowest BCUT2D eigenvalue weighted by molar-refractivity contribution is 0.584. The third-order valence-electron chi connectivity index (χ3n) is 4.38. The highest BCUT2D eigenvalue weighted by Gasteiger charge is 2.22. The number of hydrogen-bond acceptors (Lipinski definition) is 2. The van der Waals surface area contributed by atoms with Gasteiger partial charge in [0.2, 0.25) is 0 Å². The molecule has 0 heterocycles. The minimum absolute atomic E-state index is 0.114. The van der Waals surface area contributed by atoms with E-state index in [0.29, 0.717) is 10.6 Å². The molecule has 25 heavy (non-hydrogen) atoms. The number of nitrogens with one attached hydrogen (secondary N) is 1. The monoisotopic (exact) mass is 353 g/mol. The van der Waals surface area contributed by atoms with Gasteiger partial charge in [0.15, 0.2) is 0 Å². The Labute approximate surface area is 149 Å². The highest BCUT2D eigenvalue weighted by Crippen LogP contribution is 2.29. The Kier molecular flexibility index (Phi) is 4.33. The van der Waals surface area contributed by atoms with Gasteiger partial charge in [0, 0.05) is 5.39 Å². The largest absolute Gasteiger partial charge is 0.279 e. The van der Waals surface area contributed by atoms with Crippen LogP contribution < -0.4 is 4.72 Å². The molecule has 0 aliphatic heterocycles. The summed E-state index contributed by atoms with van der Waals surface area (Å²) in [6.07, 6.45) is 0. The van der Waals surface area contributed by atoms with Crippen molar-refractivity contribution in [3.05, 3.63) is 71.8 Å². The fourth-order valence-electron chi connectivity index (χ4n) is 2.87. The smallest absolute Gasteiger partial charge is 0.262 e. The second kappa shape index (κ2) is 6.19. The first-order valence-electron chi connectivity index (χ1n) is 8.30. The molecule has 3 aromatic rings. The van der Waals surface area contributed by atoms with E-state index in [1.54, 1.807) is 12.1 Å². The highest BCUT2D eigenvalue weighted by molar-refractivity contribution is 7.92. The van der Waals surface area contributed by atoms with Gasteiger partial charge in [-0.15, -0.1) is 0 Å². The molecule has 3 nitrogen and oxygen atoms in total. The quantitative estimate of drug-likeness (QED) is 0.699.